The van der Waals surface area contributed by atoms with Crippen molar-refractivity contribution in [1.29, 1.82) is 0 Å². The van der Waals surface area contributed by atoms with Gasteiger partial charge < -0.3 is 0 Å². The SMILES string of the molecule is O=c1c2ccccc2nc(SCc2ccc(F)cc2Cl)n1-c1cccnc1. The van der Waals surface area contributed by atoms with Crippen molar-refractivity contribution in [2.75, 3.05) is 0 Å². The molecule has 2 aromatic carbocycles. The maximum absolute atomic E-state index is 13.3. The Bertz CT molecular complexity index is 1180. The summed E-state index contributed by atoms with van der Waals surface area (Å²) in [5, 5.41) is 1.40. The predicted octanol–water partition coefficient (Wildman–Crippen LogP) is 4.87. The van der Waals surface area contributed by atoms with Gasteiger partial charge in [-0.15, -0.1) is 0 Å². The number of hydrogen-bond acceptors (Lipinski definition) is 4. The van der Waals surface area contributed by atoms with Crippen molar-refractivity contribution >= 4 is 34.3 Å². The number of pyridine rings is 1. The lowest BCUT2D eigenvalue weighted by Gasteiger charge is -2.13. The topological polar surface area (TPSA) is 47.8 Å². The molecule has 0 N–H and O–H groups in total. The highest BCUT2D eigenvalue weighted by Crippen LogP contribution is 2.28. The number of thioether (sulfide) groups is 1. The molecule has 0 aliphatic heterocycles. The Morgan fingerprint density at radius 1 is 1.11 bits per heavy atom. The Morgan fingerprint density at radius 3 is 2.74 bits per heavy atom. The van der Waals surface area contributed by atoms with Crippen LogP contribution >= 0.6 is 23.4 Å². The predicted molar refractivity (Wildman–Crippen MR) is 106 cm³/mol. The van der Waals surface area contributed by atoms with E-state index in [2.05, 4.69) is 9.97 Å². The van der Waals surface area contributed by atoms with E-state index >= 15 is 0 Å². The van der Waals surface area contributed by atoms with E-state index in [0.29, 0.717) is 32.5 Å². The third-order valence-corrected chi connectivity index (χ3v) is 5.36. The van der Waals surface area contributed by atoms with Crippen LogP contribution in [0.25, 0.3) is 16.6 Å². The van der Waals surface area contributed by atoms with Crippen LogP contribution in [0.2, 0.25) is 5.02 Å². The minimum atomic E-state index is -0.384. The van der Waals surface area contributed by atoms with Gasteiger partial charge in [0, 0.05) is 17.0 Å². The molecule has 0 aliphatic carbocycles. The second kappa shape index (κ2) is 7.50. The Hall–Kier alpha value is -2.70. The third-order valence-electron chi connectivity index (χ3n) is 4.02. The molecular weight excluding hydrogens is 385 g/mol. The highest BCUT2D eigenvalue weighted by atomic mass is 35.5. The van der Waals surface area contributed by atoms with Gasteiger partial charge >= 0.3 is 0 Å². The van der Waals surface area contributed by atoms with Gasteiger partial charge in [-0.05, 0) is 42.0 Å². The smallest absolute Gasteiger partial charge is 0.266 e. The summed E-state index contributed by atoms with van der Waals surface area (Å²) < 4.78 is 14.8. The molecule has 4 aromatic rings. The number of hydrogen-bond donors (Lipinski definition) is 0. The van der Waals surface area contributed by atoms with Crippen LogP contribution in [-0.2, 0) is 5.75 Å². The highest BCUT2D eigenvalue weighted by molar-refractivity contribution is 7.98. The average molecular weight is 398 g/mol. The van der Waals surface area contributed by atoms with Crippen LogP contribution in [0.4, 0.5) is 4.39 Å². The Kier molecular flexibility index (Phi) is 4.92. The van der Waals surface area contributed by atoms with Crippen LogP contribution in [0.3, 0.4) is 0 Å². The lowest BCUT2D eigenvalue weighted by Crippen LogP contribution is -2.21. The average Bonchev–Trinajstić information content (AvgIpc) is 2.68. The lowest BCUT2D eigenvalue weighted by atomic mass is 10.2. The number of benzene rings is 2. The van der Waals surface area contributed by atoms with Gasteiger partial charge in [0.15, 0.2) is 5.16 Å². The van der Waals surface area contributed by atoms with E-state index in [0.717, 1.165) is 5.56 Å². The Balaban J connectivity index is 1.82. The number of nitrogens with zero attached hydrogens (tertiary/aromatic N) is 3. The van der Waals surface area contributed by atoms with Gasteiger partial charge in [-0.1, -0.05) is 41.6 Å². The zero-order valence-electron chi connectivity index (χ0n) is 14.0. The van der Waals surface area contributed by atoms with Crippen molar-refractivity contribution in [3.05, 3.63) is 93.7 Å². The number of aromatic nitrogens is 3. The maximum Gasteiger partial charge on any atom is 0.266 e. The van der Waals surface area contributed by atoms with Gasteiger partial charge in [0.25, 0.3) is 5.56 Å². The molecule has 2 heterocycles. The second-order valence-electron chi connectivity index (χ2n) is 5.79. The Morgan fingerprint density at radius 2 is 1.96 bits per heavy atom. The summed E-state index contributed by atoms with van der Waals surface area (Å²) in [7, 11) is 0. The maximum atomic E-state index is 13.3. The summed E-state index contributed by atoms with van der Waals surface area (Å²) in [6, 6.07) is 15.1. The van der Waals surface area contributed by atoms with E-state index in [1.165, 1.54) is 28.5 Å². The molecule has 0 radical (unpaired) electrons. The molecule has 0 amide bonds. The van der Waals surface area contributed by atoms with Crippen molar-refractivity contribution in [3.63, 3.8) is 0 Å². The molecule has 0 atom stereocenters. The van der Waals surface area contributed by atoms with Gasteiger partial charge in [0.05, 0.1) is 22.8 Å². The first-order valence-electron chi connectivity index (χ1n) is 8.12. The monoisotopic (exact) mass is 397 g/mol. The molecule has 0 fully saturated rings. The quantitative estimate of drug-likeness (QED) is 0.364. The fraction of sp³-hybridized carbons (Fsp3) is 0.0500. The molecule has 0 unspecified atom stereocenters. The van der Waals surface area contributed by atoms with Crippen LogP contribution in [0, 0.1) is 5.82 Å². The fourth-order valence-electron chi connectivity index (χ4n) is 2.70. The molecular formula is C20H13ClFN3OS. The van der Waals surface area contributed by atoms with Crippen molar-refractivity contribution in [2.24, 2.45) is 0 Å². The molecule has 0 spiro atoms. The van der Waals surface area contributed by atoms with E-state index in [4.69, 9.17) is 11.6 Å². The summed E-state index contributed by atoms with van der Waals surface area (Å²) in [6.45, 7) is 0. The number of para-hydroxylation sites is 1. The van der Waals surface area contributed by atoms with E-state index < -0.39 is 0 Å². The van der Waals surface area contributed by atoms with Gasteiger partial charge in [-0.2, -0.15) is 0 Å². The largest absolute Gasteiger partial charge is 0.268 e. The zero-order valence-corrected chi connectivity index (χ0v) is 15.5. The van der Waals surface area contributed by atoms with Gasteiger partial charge in [0.2, 0.25) is 0 Å². The van der Waals surface area contributed by atoms with Crippen LogP contribution in [0.5, 0.6) is 0 Å². The van der Waals surface area contributed by atoms with Crippen molar-refractivity contribution < 1.29 is 4.39 Å². The first kappa shape index (κ1) is 17.7. The standard InChI is InChI=1S/C20H13ClFN3OS/c21-17-10-14(22)8-7-13(17)12-27-20-24-18-6-2-1-5-16(18)19(26)25(20)15-4-3-9-23-11-15/h1-11H,12H2. The van der Waals surface area contributed by atoms with E-state index in [1.807, 2.05) is 12.1 Å². The fourth-order valence-corrected chi connectivity index (χ4v) is 4.03. The zero-order chi connectivity index (χ0) is 18.8. The van der Waals surface area contributed by atoms with Crippen LogP contribution in [0.1, 0.15) is 5.56 Å². The third kappa shape index (κ3) is 3.59. The number of rotatable bonds is 4. The van der Waals surface area contributed by atoms with Gasteiger partial charge in [0.1, 0.15) is 5.82 Å². The molecule has 134 valence electrons. The van der Waals surface area contributed by atoms with Gasteiger partial charge in [-0.3, -0.25) is 14.3 Å². The van der Waals surface area contributed by atoms with Crippen molar-refractivity contribution in [1.82, 2.24) is 14.5 Å². The Labute approximate surface area is 163 Å². The molecule has 2 aromatic heterocycles. The minimum absolute atomic E-state index is 0.165. The minimum Gasteiger partial charge on any atom is -0.268 e. The first-order chi connectivity index (χ1) is 13.1. The summed E-state index contributed by atoms with van der Waals surface area (Å²) in [4.78, 5) is 21.8. The second-order valence-corrected chi connectivity index (χ2v) is 7.14. The lowest BCUT2D eigenvalue weighted by molar-refractivity contribution is 0.627. The number of fused-ring (bicyclic) bond motifs is 1. The highest BCUT2D eigenvalue weighted by Gasteiger charge is 2.14. The summed E-state index contributed by atoms with van der Waals surface area (Å²) in [5.41, 5.74) is 1.85. The van der Waals surface area contributed by atoms with Crippen LogP contribution in [0.15, 0.2) is 76.9 Å². The normalized spacial score (nSPS) is 11.0. The van der Waals surface area contributed by atoms with Crippen LogP contribution < -0.4 is 5.56 Å². The molecule has 0 saturated heterocycles. The first-order valence-corrected chi connectivity index (χ1v) is 9.49. The summed E-state index contributed by atoms with van der Waals surface area (Å²) in [5.74, 6) is 0.0642. The number of halogens is 2. The molecule has 0 bridgehead atoms. The summed E-state index contributed by atoms with van der Waals surface area (Å²) >= 11 is 7.49. The molecule has 4 nitrogen and oxygen atoms in total. The molecule has 7 heteroatoms. The molecule has 4 rings (SSSR count). The molecule has 0 saturated carbocycles. The van der Waals surface area contributed by atoms with E-state index in [9.17, 15) is 9.18 Å². The van der Waals surface area contributed by atoms with Crippen molar-refractivity contribution in [2.45, 2.75) is 10.9 Å². The van der Waals surface area contributed by atoms with Gasteiger partial charge in [-0.25, -0.2) is 9.37 Å². The van der Waals surface area contributed by atoms with Crippen molar-refractivity contribution in [3.8, 4) is 5.69 Å². The van der Waals surface area contributed by atoms with Crippen LogP contribution in [-0.4, -0.2) is 14.5 Å². The summed E-state index contributed by atoms with van der Waals surface area (Å²) in [6.07, 6.45) is 3.26. The van der Waals surface area contributed by atoms with E-state index in [1.54, 1.807) is 42.7 Å². The molecule has 0 aliphatic rings. The molecule has 27 heavy (non-hydrogen) atoms. The van der Waals surface area contributed by atoms with E-state index in [-0.39, 0.29) is 11.4 Å².